The summed E-state index contributed by atoms with van der Waals surface area (Å²) in [6, 6.07) is 8.04. The molecule has 0 amide bonds. The van der Waals surface area contributed by atoms with Crippen LogP contribution < -0.4 is 5.32 Å². The largest absolute Gasteiger partial charge is 0.335 e. The van der Waals surface area contributed by atoms with Crippen molar-refractivity contribution in [1.29, 1.82) is 0 Å². The Morgan fingerprint density at radius 2 is 1.90 bits per heavy atom. The molecule has 3 N–H and O–H groups in total. The van der Waals surface area contributed by atoms with Gasteiger partial charge in [0.2, 0.25) is 0 Å². The molecule has 0 radical (unpaired) electrons. The van der Waals surface area contributed by atoms with E-state index in [9.17, 15) is 4.79 Å². The van der Waals surface area contributed by atoms with Crippen molar-refractivity contribution >= 4 is 39.2 Å². The van der Waals surface area contributed by atoms with Gasteiger partial charge in [-0.3, -0.25) is 19.9 Å². The summed E-state index contributed by atoms with van der Waals surface area (Å²) < 4.78 is 0. The first-order valence-electron chi connectivity index (χ1n) is 13.6. The van der Waals surface area contributed by atoms with Gasteiger partial charge in [0, 0.05) is 52.9 Å². The quantitative estimate of drug-likeness (QED) is 0.194. The summed E-state index contributed by atoms with van der Waals surface area (Å²) in [6.07, 6.45) is 14.6. The Kier molecular flexibility index (Phi) is 6.41. The van der Waals surface area contributed by atoms with Crippen LogP contribution in [0, 0.1) is 5.92 Å². The summed E-state index contributed by atoms with van der Waals surface area (Å²) in [6.45, 7) is 3.44. The fourth-order valence-electron chi connectivity index (χ4n) is 5.52. The molecule has 6 aromatic rings. The number of nitrogens with one attached hydrogen (secondary N) is 3. The highest BCUT2D eigenvalue weighted by Crippen LogP contribution is 2.35. The minimum absolute atomic E-state index is 0.0477. The van der Waals surface area contributed by atoms with Gasteiger partial charge in [0.1, 0.15) is 11.2 Å². The number of thiophene rings is 1. The van der Waals surface area contributed by atoms with Crippen molar-refractivity contribution in [3.05, 3.63) is 65.7 Å². The minimum atomic E-state index is 0.0477. The molecule has 0 spiro atoms. The second-order valence-corrected chi connectivity index (χ2v) is 11.5. The molecule has 0 atom stereocenters. The molecule has 6 aromatic heterocycles. The van der Waals surface area contributed by atoms with Crippen molar-refractivity contribution in [2.45, 2.75) is 39.2 Å². The van der Waals surface area contributed by atoms with E-state index in [1.54, 1.807) is 19.3 Å². The van der Waals surface area contributed by atoms with E-state index in [0.717, 1.165) is 62.6 Å². The van der Waals surface area contributed by atoms with E-state index in [1.165, 1.54) is 37.0 Å². The third kappa shape index (κ3) is 4.69. The second kappa shape index (κ2) is 10.4. The SMILES string of the molecule is CC(=O)c1ccc(-c2cncc3[nH]c(-c4n[nH]c5ncc(-c6cncc(CNCC7CCCC7)c6)cc45)nc23)s1. The number of rotatable bonds is 8. The summed E-state index contributed by atoms with van der Waals surface area (Å²) in [5, 5.41) is 12.1. The average Bonchev–Trinajstić information content (AvgIpc) is 3.78. The number of nitrogens with zero attached hydrogens (tertiary/aromatic N) is 5. The molecule has 0 aliphatic heterocycles. The van der Waals surface area contributed by atoms with Crippen molar-refractivity contribution in [2.75, 3.05) is 6.54 Å². The molecule has 0 bridgehead atoms. The van der Waals surface area contributed by atoms with Crippen LogP contribution in [0.4, 0.5) is 0 Å². The fourth-order valence-corrected chi connectivity index (χ4v) is 6.43. The molecule has 40 heavy (non-hydrogen) atoms. The maximum Gasteiger partial charge on any atom is 0.169 e. The molecule has 1 saturated carbocycles. The Morgan fingerprint density at radius 1 is 1.05 bits per heavy atom. The van der Waals surface area contributed by atoms with Gasteiger partial charge in [0.05, 0.1) is 22.0 Å². The molecule has 0 unspecified atom stereocenters. The predicted octanol–water partition coefficient (Wildman–Crippen LogP) is 6.17. The van der Waals surface area contributed by atoms with Gasteiger partial charge in [0.25, 0.3) is 0 Å². The van der Waals surface area contributed by atoms with Crippen LogP contribution in [0.3, 0.4) is 0 Å². The van der Waals surface area contributed by atoms with Crippen LogP contribution in [0.25, 0.3) is 55.2 Å². The molecule has 1 fully saturated rings. The Hall–Kier alpha value is -4.28. The summed E-state index contributed by atoms with van der Waals surface area (Å²) in [5.41, 5.74) is 6.96. The number of carbonyl (C=O) groups excluding carboxylic acids is 1. The molecule has 200 valence electrons. The number of aromatic nitrogens is 7. The normalized spacial score (nSPS) is 14.0. The van der Waals surface area contributed by atoms with Gasteiger partial charge in [-0.1, -0.05) is 12.8 Å². The van der Waals surface area contributed by atoms with Gasteiger partial charge in [-0.15, -0.1) is 11.3 Å². The molecule has 0 saturated heterocycles. The van der Waals surface area contributed by atoms with Gasteiger partial charge < -0.3 is 10.3 Å². The number of pyridine rings is 3. The highest BCUT2D eigenvalue weighted by Gasteiger charge is 2.18. The average molecular weight is 549 g/mol. The molecule has 1 aliphatic rings. The van der Waals surface area contributed by atoms with Crippen molar-refractivity contribution in [3.8, 4) is 33.1 Å². The van der Waals surface area contributed by atoms with Crippen LogP contribution in [0.1, 0.15) is 47.8 Å². The third-order valence-electron chi connectivity index (χ3n) is 7.62. The number of fused-ring (bicyclic) bond motifs is 2. The van der Waals surface area contributed by atoms with E-state index < -0.39 is 0 Å². The number of hydrogen-bond donors (Lipinski definition) is 3. The summed E-state index contributed by atoms with van der Waals surface area (Å²) in [7, 11) is 0. The van der Waals surface area contributed by atoms with Crippen molar-refractivity contribution in [3.63, 3.8) is 0 Å². The summed E-state index contributed by atoms with van der Waals surface area (Å²) in [4.78, 5) is 35.3. The van der Waals surface area contributed by atoms with Crippen molar-refractivity contribution in [1.82, 2.24) is 40.4 Å². The maximum atomic E-state index is 11.8. The van der Waals surface area contributed by atoms with E-state index in [0.29, 0.717) is 22.0 Å². The lowest BCUT2D eigenvalue weighted by Gasteiger charge is -2.11. The van der Waals surface area contributed by atoms with Crippen LogP contribution in [0.5, 0.6) is 0 Å². The lowest BCUT2D eigenvalue weighted by Crippen LogP contribution is -2.20. The Balaban J connectivity index is 1.20. The van der Waals surface area contributed by atoms with E-state index in [2.05, 4.69) is 47.6 Å². The van der Waals surface area contributed by atoms with Crippen molar-refractivity contribution < 1.29 is 4.79 Å². The van der Waals surface area contributed by atoms with Crippen LogP contribution in [0.15, 0.2) is 55.2 Å². The molecular formula is C30H28N8OS. The van der Waals surface area contributed by atoms with Crippen LogP contribution >= 0.6 is 11.3 Å². The van der Waals surface area contributed by atoms with Crippen LogP contribution in [-0.2, 0) is 6.54 Å². The van der Waals surface area contributed by atoms with Crippen LogP contribution in [0.2, 0.25) is 0 Å². The Bertz CT molecular complexity index is 1850. The van der Waals surface area contributed by atoms with Gasteiger partial charge in [-0.05, 0) is 62.1 Å². The first-order chi connectivity index (χ1) is 19.6. The predicted molar refractivity (Wildman–Crippen MR) is 157 cm³/mol. The monoisotopic (exact) mass is 548 g/mol. The zero-order valence-corrected chi connectivity index (χ0v) is 22.9. The number of H-pyrrole nitrogens is 2. The lowest BCUT2D eigenvalue weighted by molar-refractivity contribution is 0.102. The second-order valence-electron chi connectivity index (χ2n) is 10.4. The van der Waals surface area contributed by atoms with Gasteiger partial charge in [-0.25, -0.2) is 9.97 Å². The Labute approximate surface area is 234 Å². The number of imidazole rings is 1. The molecule has 0 aromatic carbocycles. The minimum Gasteiger partial charge on any atom is -0.335 e. The van der Waals surface area contributed by atoms with Gasteiger partial charge in [-0.2, -0.15) is 5.10 Å². The molecule has 1 aliphatic carbocycles. The molecule has 6 heterocycles. The van der Waals surface area contributed by atoms with E-state index in [4.69, 9.17) is 4.98 Å². The lowest BCUT2D eigenvalue weighted by atomic mass is 10.1. The smallest absolute Gasteiger partial charge is 0.169 e. The zero-order chi connectivity index (χ0) is 27.1. The summed E-state index contributed by atoms with van der Waals surface area (Å²) in [5.74, 6) is 1.47. The van der Waals surface area contributed by atoms with Crippen LogP contribution in [-0.4, -0.2) is 47.4 Å². The number of ketones is 1. The number of hydrogen-bond acceptors (Lipinski definition) is 8. The number of Topliss-reactive ketones (excluding diaryl/α,β-unsaturated/α-hetero) is 1. The maximum absolute atomic E-state index is 11.8. The number of aromatic amines is 2. The first-order valence-corrected chi connectivity index (χ1v) is 14.4. The topological polar surface area (TPSA) is 125 Å². The van der Waals surface area contributed by atoms with E-state index in [-0.39, 0.29) is 5.78 Å². The summed E-state index contributed by atoms with van der Waals surface area (Å²) >= 11 is 1.44. The third-order valence-corrected chi connectivity index (χ3v) is 8.84. The zero-order valence-electron chi connectivity index (χ0n) is 22.1. The molecular weight excluding hydrogens is 520 g/mol. The van der Waals surface area contributed by atoms with E-state index in [1.807, 2.05) is 30.7 Å². The standard InChI is InChI=1S/C30H28N8OS/c1-17(39)25-6-7-26(40-25)23-15-33-16-24-27(23)36-30(35-24)28-22-9-21(14-34-29(22)38-37-28)20-8-19(12-32-13-20)11-31-10-18-4-2-3-5-18/h6-9,12-16,18,31H,2-5,10-11H2,1H3,(H,35,36)(H,34,37,38). The van der Waals surface area contributed by atoms with E-state index >= 15 is 0 Å². The van der Waals surface area contributed by atoms with Gasteiger partial charge in [0.15, 0.2) is 17.3 Å². The highest BCUT2D eigenvalue weighted by atomic mass is 32.1. The first kappa shape index (κ1) is 24.7. The fraction of sp³-hybridized carbons (Fsp3) is 0.267. The van der Waals surface area contributed by atoms with Crippen molar-refractivity contribution in [2.24, 2.45) is 5.92 Å². The number of carbonyl (C=O) groups is 1. The molecule has 7 rings (SSSR count). The molecule has 9 nitrogen and oxygen atoms in total. The highest BCUT2D eigenvalue weighted by molar-refractivity contribution is 7.17. The molecule has 10 heteroatoms. The Morgan fingerprint density at radius 3 is 2.75 bits per heavy atom. The van der Waals surface area contributed by atoms with Gasteiger partial charge >= 0.3 is 0 Å².